The lowest BCUT2D eigenvalue weighted by molar-refractivity contribution is -0.115. The lowest BCUT2D eigenvalue weighted by Gasteiger charge is -2.05. The smallest absolute Gasteiger partial charge is 0.253 e. The fourth-order valence-electron chi connectivity index (χ4n) is 2.60. The van der Waals surface area contributed by atoms with Gasteiger partial charge in [-0.25, -0.2) is 18.4 Å². The van der Waals surface area contributed by atoms with Crippen LogP contribution in [0.3, 0.4) is 0 Å². The zero-order chi connectivity index (χ0) is 22.0. The molecule has 0 spiro atoms. The van der Waals surface area contributed by atoms with Crippen molar-refractivity contribution in [3.8, 4) is 17.1 Å². The molecule has 31 heavy (non-hydrogen) atoms. The Bertz CT molecular complexity index is 1230. The van der Waals surface area contributed by atoms with Crippen LogP contribution in [0.1, 0.15) is 23.2 Å². The molecule has 1 saturated carbocycles. The maximum absolute atomic E-state index is 12.2. The Morgan fingerprint density at radius 1 is 1.32 bits per heavy atom. The largest absolute Gasteiger partial charge is 0.474 e. The van der Waals surface area contributed by atoms with Gasteiger partial charge >= 0.3 is 0 Å². The standard InChI is InChI=1S/C19H19N5O5S2/c1-31(27,28)24-7-5-13(10-24)18(26)21-9-16(25)23-19-22-15(11-30-19)12-4-6-20-17(8-12)29-14-2-3-14/h4-8,10-11,14H,2-3,9H2,1H3,(H,21,26)(H,22,23,25). The molecule has 2 amide bonds. The lowest BCUT2D eigenvalue weighted by Crippen LogP contribution is -2.32. The summed E-state index contributed by atoms with van der Waals surface area (Å²) in [5, 5.41) is 7.27. The van der Waals surface area contributed by atoms with Gasteiger partial charge < -0.3 is 15.4 Å². The number of thiazole rings is 1. The number of carbonyl (C=O) groups excluding carboxylic acids is 2. The maximum Gasteiger partial charge on any atom is 0.253 e. The van der Waals surface area contributed by atoms with Crippen molar-refractivity contribution in [3.63, 3.8) is 0 Å². The average Bonchev–Trinajstić information content (AvgIpc) is 3.19. The molecule has 0 unspecified atom stereocenters. The van der Waals surface area contributed by atoms with Crippen molar-refractivity contribution in [1.82, 2.24) is 19.3 Å². The molecule has 0 saturated heterocycles. The molecule has 0 atom stereocenters. The molecular formula is C19H19N5O5S2. The first-order valence-electron chi connectivity index (χ1n) is 9.33. The van der Waals surface area contributed by atoms with Gasteiger partial charge in [0, 0.05) is 35.6 Å². The number of amides is 2. The maximum atomic E-state index is 12.2. The summed E-state index contributed by atoms with van der Waals surface area (Å²) in [6.45, 7) is -0.285. The number of nitrogens with one attached hydrogen (secondary N) is 2. The number of carbonyl (C=O) groups is 2. The van der Waals surface area contributed by atoms with Crippen molar-refractivity contribution >= 4 is 38.3 Å². The van der Waals surface area contributed by atoms with Crippen LogP contribution in [-0.2, 0) is 14.8 Å². The van der Waals surface area contributed by atoms with Gasteiger partial charge in [0.15, 0.2) is 5.13 Å². The molecule has 0 aliphatic heterocycles. The SMILES string of the molecule is CS(=O)(=O)n1ccc(C(=O)NCC(=O)Nc2nc(-c3ccnc(OC4CC4)c3)cs2)c1. The number of rotatable bonds is 8. The number of hydrogen-bond donors (Lipinski definition) is 2. The Balaban J connectivity index is 1.32. The van der Waals surface area contributed by atoms with Gasteiger partial charge in [-0.15, -0.1) is 11.3 Å². The molecule has 1 aliphatic rings. The third-order valence-corrected chi connectivity index (χ3v) is 6.07. The third-order valence-electron chi connectivity index (χ3n) is 4.31. The molecular weight excluding hydrogens is 442 g/mol. The van der Waals surface area contributed by atoms with Crippen molar-refractivity contribution in [1.29, 1.82) is 0 Å². The van der Waals surface area contributed by atoms with Crippen LogP contribution >= 0.6 is 11.3 Å². The minimum atomic E-state index is -3.48. The fraction of sp³-hybridized carbons (Fsp3) is 0.263. The van der Waals surface area contributed by atoms with Crippen LogP contribution in [0.25, 0.3) is 11.3 Å². The Morgan fingerprint density at radius 2 is 2.13 bits per heavy atom. The van der Waals surface area contributed by atoms with Crippen LogP contribution < -0.4 is 15.4 Å². The molecule has 162 valence electrons. The molecule has 0 radical (unpaired) electrons. The van der Waals surface area contributed by atoms with E-state index in [0.29, 0.717) is 16.7 Å². The second-order valence-electron chi connectivity index (χ2n) is 6.96. The lowest BCUT2D eigenvalue weighted by atomic mass is 10.2. The van der Waals surface area contributed by atoms with Gasteiger partial charge in [0.25, 0.3) is 5.91 Å². The minimum absolute atomic E-state index is 0.136. The molecule has 0 bridgehead atoms. The van der Waals surface area contributed by atoms with Gasteiger partial charge in [-0.3, -0.25) is 13.6 Å². The van der Waals surface area contributed by atoms with Gasteiger partial charge in [-0.1, -0.05) is 0 Å². The normalized spacial score (nSPS) is 13.6. The molecule has 3 heterocycles. The molecule has 1 aliphatic carbocycles. The van der Waals surface area contributed by atoms with E-state index in [0.717, 1.165) is 28.6 Å². The van der Waals surface area contributed by atoms with E-state index in [-0.39, 0.29) is 18.2 Å². The van der Waals surface area contributed by atoms with Gasteiger partial charge in [0.2, 0.25) is 21.8 Å². The van der Waals surface area contributed by atoms with E-state index in [1.165, 1.54) is 29.8 Å². The number of aromatic nitrogens is 3. The van der Waals surface area contributed by atoms with Crippen molar-refractivity contribution in [2.45, 2.75) is 18.9 Å². The summed E-state index contributed by atoms with van der Waals surface area (Å²) in [4.78, 5) is 32.8. The summed E-state index contributed by atoms with van der Waals surface area (Å²) >= 11 is 1.25. The monoisotopic (exact) mass is 461 g/mol. The summed E-state index contributed by atoms with van der Waals surface area (Å²) in [6, 6.07) is 4.97. The highest BCUT2D eigenvalue weighted by Crippen LogP contribution is 2.29. The number of hydrogen-bond acceptors (Lipinski definition) is 8. The summed E-state index contributed by atoms with van der Waals surface area (Å²) in [5.41, 5.74) is 1.64. The van der Waals surface area contributed by atoms with Crippen molar-refractivity contribution in [2.75, 3.05) is 18.1 Å². The fourth-order valence-corrected chi connectivity index (χ4v) is 3.92. The van der Waals surface area contributed by atoms with E-state index >= 15 is 0 Å². The minimum Gasteiger partial charge on any atom is -0.474 e. The summed E-state index contributed by atoms with van der Waals surface area (Å²) in [6.07, 6.45) is 7.45. The predicted octanol–water partition coefficient (Wildman–Crippen LogP) is 1.72. The first-order valence-corrected chi connectivity index (χ1v) is 12.1. The topological polar surface area (TPSA) is 132 Å². The van der Waals surface area contributed by atoms with E-state index in [9.17, 15) is 18.0 Å². The van der Waals surface area contributed by atoms with Crippen molar-refractivity contribution in [3.05, 3.63) is 47.7 Å². The Kier molecular flexibility index (Phi) is 5.74. The zero-order valence-electron chi connectivity index (χ0n) is 16.4. The molecule has 0 aromatic carbocycles. The van der Waals surface area contributed by atoms with E-state index < -0.39 is 21.8 Å². The number of pyridine rings is 1. The Morgan fingerprint density at radius 3 is 2.84 bits per heavy atom. The van der Waals surface area contributed by atoms with Crippen molar-refractivity contribution in [2.24, 2.45) is 0 Å². The molecule has 10 nitrogen and oxygen atoms in total. The zero-order valence-corrected chi connectivity index (χ0v) is 18.1. The summed E-state index contributed by atoms with van der Waals surface area (Å²) in [5.74, 6) is -0.465. The number of anilines is 1. The van der Waals surface area contributed by atoms with Crippen LogP contribution in [-0.4, -0.2) is 53.1 Å². The Hall–Kier alpha value is -3.25. The van der Waals surface area contributed by atoms with Crippen LogP contribution in [0.5, 0.6) is 5.88 Å². The summed E-state index contributed by atoms with van der Waals surface area (Å²) in [7, 11) is -3.48. The molecule has 2 N–H and O–H groups in total. The highest BCUT2D eigenvalue weighted by molar-refractivity contribution is 7.89. The first kappa shape index (κ1) is 21.0. The van der Waals surface area contributed by atoms with Gasteiger partial charge in [-0.2, -0.15) is 0 Å². The first-order chi connectivity index (χ1) is 14.8. The van der Waals surface area contributed by atoms with Crippen LogP contribution in [0.2, 0.25) is 0 Å². The van der Waals surface area contributed by atoms with E-state index in [1.807, 2.05) is 12.1 Å². The third kappa shape index (κ3) is 5.47. The molecule has 3 aromatic heterocycles. The molecule has 12 heteroatoms. The van der Waals surface area contributed by atoms with Crippen LogP contribution in [0.4, 0.5) is 5.13 Å². The highest BCUT2D eigenvalue weighted by atomic mass is 32.2. The predicted molar refractivity (Wildman–Crippen MR) is 115 cm³/mol. The number of nitrogens with zero attached hydrogens (tertiary/aromatic N) is 3. The molecule has 4 rings (SSSR count). The Labute approximate surface area is 182 Å². The van der Waals surface area contributed by atoms with Gasteiger partial charge in [0.05, 0.1) is 24.1 Å². The second-order valence-corrected chi connectivity index (χ2v) is 9.71. The van der Waals surface area contributed by atoms with E-state index in [2.05, 4.69) is 20.6 Å². The van der Waals surface area contributed by atoms with E-state index in [4.69, 9.17) is 4.74 Å². The molecule has 1 fully saturated rings. The van der Waals surface area contributed by atoms with Gasteiger partial charge in [0.1, 0.15) is 6.10 Å². The quantitative estimate of drug-likeness (QED) is 0.522. The molecule has 3 aromatic rings. The highest BCUT2D eigenvalue weighted by Gasteiger charge is 2.24. The van der Waals surface area contributed by atoms with Gasteiger partial charge in [-0.05, 0) is 25.0 Å². The summed E-state index contributed by atoms with van der Waals surface area (Å²) < 4.78 is 29.5. The van der Waals surface area contributed by atoms with E-state index in [1.54, 1.807) is 11.6 Å². The van der Waals surface area contributed by atoms with Crippen LogP contribution in [0, 0.1) is 0 Å². The van der Waals surface area contributed by atoms with Crippen molar-refractivity contribution < 1.29 is 22.7 Å². The van der Waals surface area contributed by atoms with Crippen LogP contribution in [0.15, 0.2) is 42.2 Å². The second kappa shape index (κ2) is 8.47. The average molecular weight is 462 g/mol. The number of ether oxygens (including phenoxy) is 1.